The molecule has 144 valence electrons. The maximum absolute atomic E-state index is 9.44. The van der Waals surface area contributed by atoms with Gasteiger partial charge in [0.1, 0.15) is 0 Å². The summed E-state index contributed by atoms with van der Waals surface area (Å²) in [6.07, 6.45) is 2.60. The molecule has 1 aliphatic rings. The molecule has 0 radical (unpaired) electrons. The molecule has 2 N–H and O–H groups in total. The van der Waals surface area contributed by atoms with Crippen molar-refractivity contribution in [2.75, 3.05) is 39.4 Å². The van der Waals surface area contributed by atoms with Crippen molar-refractivity contribution in [3.05, 3.63) is 35.4 Å². The van der Waals surface area contributed by atoms with Gasteiger partial charge in [0.2, 0.25) is 0 Å². The summed E-state index contributed by atoms with van der Waals surface area (Å²) in [5.41, 5.74) is 2.30. The Morgan fingerprint density at radius 2 is 1.88 bits per heavy atom. The fourth-order valence-electron chi connectivity index (χ4n) is 3.41. The second-order valence-electron chi connectivity index (χ2n) is 7.59. The van der Waals surface area contributed by atoms with Gasteiger partial charge in [0.25, 0.3) is 0 Å². The molecule has 1 saturated heterocycles. The molecule has 1 atom stereocenters. The highest BCUT2D eigenvalue weighted by molar-refractivity contribution is 5.36. The Bertz CT molecular complexity index is 574. The third kappa shape index (κ3) is 7.09. The maximum atomic E-state index is 9.44. The average molecular weight is 359 g/mol. The Morgan fingerprint density at radius 3 is 2.54 bits per heavy atom. The minimum atomic E-state index is 0.114. The molecule has 1 fully saturated rings. The number of aliphatic hydroxyl groups is 2. The molecule has 0 amide bonds. The lowest BCUT2D eigenvalue weighted by atomic mass is 10.0. The quantitative estimate of drug-likeness (QED) is 0.700. The number of nitrogens with zero attached hydrogens (tertiary/aromatic N) is 2. The summed E-state index contributed by atoms with van der Waals surface area (Å²) in [6.45, 7) is 10.2. The first-order chi connectivity index (χ1) is 12.6. The fraction of sp³-hybridized carbons (Fsp3) is 0.636. The van der Waals surface area contributed by atoms with Crippen LogP contribution in [-0.4, -0.2) is 65.4 Å². The molecule has 1 aliphatic heterocycles. The predicted molar refractivity (Wildman–Crippen MR) is 107 cm³/mol. The van der Waals surface area contributed by atoms with Gasteiger partial charge in [0.15, 0.2) is 0 Å². The second-order valence-corrected chi connectivity index (χ2v) is 7.59. The molecule has 1 heterocycles. The van der Waals surface area contributed by atoms with Crippen molar-refractivity contribution in [1.82, 2.24) is 9.80 Å². The van der Waals surface area contributed by atoms with E-state index in [0.29, 0.717) is 12.5 Å². The first-order valence-corrected chi connectivity index (χ1v) is 9.88. The zero-order valence-corrected chi connectivity index (χ0v) is 16.3. The summed E-state index contributed by atoms with van der Waals surface area (Å²) in [6, 6.07) is 8.87. The molecule has 4 heteroatoms. The summed E-state index contributed by atoms with van der Waals surface area (Å²) in [5, 5.41) is 18.2. The highest BCUT2D eigenvalue weighted by Gasteiger charge is 2.26. The maximum Gasteiger partial charge on any atom is 0.0540 e. The lowest BCUT2D eigenvalue weighted by Gasteiger charge is -2.41. The van der Waals surface area contributed by atoms with Gasteiger partial charge in [0, 0.05) is 50.8 Å². The second kappa shape index (κ2) is 11.4. The molecule has 2 rings (SSSR count). The number of piperazine rings is 1. The van der Waals surface area contributed by atoms with Crippen molar-refractivity contribution in [2.24, 2.45) is 5.92 Å². The van der Waals surface area contributed by atoms with Crippen molar-refractivity contribution < 1.29 is 10.2 Å². The van der Waals surface area contributed by atoms with E-state index in [9.17, 15) is 5.11 Å². The zero-order valence-electron chi connectivity index (χ0n) is 16.3. The zero-order chi connectivity index (χ0) is 18.8. The van der Waals surface area contributed by atoms with E-state index in [0.717, 1.165) is 50.6 Å². The van der Waals surface area contributed by atoms with Crippen LogP contribution in [0.25, 0.3) is 0 Å². The van der Waals surface area contributed by atoms with Gasteiger partial charge in [-0.3, -0.25) is 9.80 Å². The lowest BCUT2D eigenvalue weighted by Crippen LogP contribution is -2.53. The SMILES string of the molecule is CC(C)CCN1CCN(Cc2ccc(C#CCCO)cc2)C[C@H]1CCO. The van der Waals surface area contributed by atoms with Crippen LogP contribution < -0.4 is 0 Å². The van der Waals surface area contributed by atoms with Crippen LogP contribution in [0.2, 0.25) is 0 Å². The van der Waals surface area contributed by atoms with Crippen LogP contribution in [-0.2, 0) is 6.54 Å². The van der Waals surface area contributed by atoms with E-state index in [4.69, 9.17) is 5.11 Å². The number of benzene rings is 1. The monoisotopic (exact) mass is 358 g/mol. The van der Waals surface area contributed by atoms with Gasteiger partial charge in [-0.2, -0.15) is 0 Å². The van der Waals surface area contributed by atoms with Crippen molar-refractivity contribution in [1.29, 1.82) is 0 Å². The van der Waals surface area contributed by atoms with Crippen LogP contribution in [0.1, 0.15) is 44.2 Å². The van der Waals surface area contributed by atoms with E-state index < -0.39 is 0 Å². The Balaban J connectivity index is 1.89. The molecule has 1 aromatic rings. The average Bonchev–Trinajstić information content (AvgIpc) is 2.63. The molecule has 26 heavy (non-hydrogen) atoms. The van der Waals surface area contributed by atoms with Crippen molar-refractivity contribution >= 4 is 0 Å². The van der Waals surface area contributed by atoms with Gasteiger partial charge < -0.3 is 10.2 Å². The summed E-state index contributed by atoms with van der Waals surface area (Å²) < 4.78 is 0. The molecule has 0 saturated carbocycles. The smallest absolute Gasteiger partial charge is 0.0540 e. The molecule has 1 aromatic carbocycles. The molecule has 0 aliphatic carbocycles. The van der Waals surface area contributed by atoms with Crippen molar-refractivity contribution in [3.8, 4) is 11.8 Å². The van der Waals surface area contributed by atoms with Crippen molar-refractivity contribution in [3.63, 3.8) is 0 Å². The van der Waals surface area contributed by atoms with E-state index in [1.165, 1.54) is 12.0 Å². The van der Waals surface area contributed by atoms with Crippen molar-refractivity contribution in [2.45, 2.75) is 45.7 Å². The highest BCUT2D eigenvalue weighted by Crippen LogP contribution is 2.17. The van der Waals surface area contributed by atoms with Gasteiger partial charge in [-0.05, 0) is 43.0 Å². The van der Waals surface area contributed by atoms with Gasteiger partial charge in [0.05, 0.1) is 6.61 Å². The molecule has 0 unspecified atom stereocenters. The number of hydrogen-bond donors (Lipinski definition) is 2. The molecule has 0 bridgehead atoms. The Kier molecular flexibility index (Phi) is 9.14. The molecule has 0 spiro atoms. The number of rotatable bonds is 8. The summed E-state index contributed by atoms with van der Waals surface area (Å²) in [5.74, 6) is 6.75. The molecule has 0 aromatic heterocycles. The van der Waals surface area contributed by atoms with Crippen LogP contribution in [0.15, 0.2) is 24.3 Å². The molecule has 4 nitrogen and oxygen atoms in total. The van der Waals surface area contributed by atoms with Crippen LogP contribution in [0, 0.1) is 17.8 Å². The number of hydrogen-bond acceptors (Lipinski definition) is 4. The Morgan fingerprint density at radius 1 is 1.12 bits per heavy atom. The summed E-state index contributed by atoms with van der Waals surface area (Å²) in [4.78, 5) is 5.06. The highest BCUT2D eigenvalue weighted by atomic mass is 16.3. The third-order valence-electron chi connectivity index (χ3n) is 4.97. The lowest BCUT2D eigenvalue weighted by molar-refractivity contribution is 0.0524. The third-order valence-corrected chi connectivity index (χ3v) is 4.97. The minimum absolute atomic E-state index is 0.114. The van der Waals surface area contributed by atoms with E-state index in [1.807, 2.05) is 0 Å². The minimum Gasteiger partial charge on any atom is -0.396 e. The normalized spacial score (nSPS) is 18.7. The Hall–Kier alpha value is -1.38. The van der Waals surface area contributed by atoms with Gasteiger partial charge in [-0.15, -0.1) is 0 Å². The summed E-state index contributed by atoms with van der Waals surface area (Å²) >= 11 is 0. The fourth-order valence-corrected chi connectivity index (χ4v) is 3.41. The summed E-state index contributed by atoms with van der Waals surface area (Å²) in [7, 11) is 0. The van der Waals surface area contributed by atoms with Gasteiger partial charge in [-0.1, -0.05) is 37.8 Å². The van der Waals surface area contributed by atoms with Gasteiger partial charge in [-0.25, -0.2) is 0 Å². The van der Waals surface area contributed by atoms with E-state index in [1.54, 1.807) is 0 Å². The van der Waals surface area contributed by atoms with Crippen LogP contribution in [0.4, 0.5) is 0 Å². The molecular formula is C22H34N2O2. The first kappa shape index (κ1) is 20.9. The molecular weight excluding hydrogens is 324 g/mol. The first-order valence-electron chi connectivity index (χ1n) is 9.88. The number of aliphatic hydroxyl groups excluding tert-OH is 2. The largest absolute Gasteiger partial charge is 0.396 e. The van der Waals surface area contributed by atoms with Crippen LogP contribution in [0.5, 0.6) is 0 Å². The van der Waals surface area contributed by atoms with Crippen LogP contribution in [0.3, 0.4) is 0 Å². The van der Waals surface area contributed by atoms with E-state index in [-0.39, 0.29) is 13.2 Å². The van der Waals surface area contributed by atoms with Crippen LogP contribution >= 0.6 is 0 Å². The van der Waals surface area contributed by atoms with E-state index >= 15 is 0 Å². The topological polar surface area (TPSA) is 46.9 Å². The Labute approximate surface area is 158 Å². The van der Waals surface area contributed by atoms with E-state index in [2.05, 4.69) is 59.8 Å². The van der Waals surface area contributed by atoms with Gasteiger partial charge >= 0.3 is 0 Å². The predicted octanol–water partition coefficient (Wildman–Crippen LogP) is 2.34. The standard InChI is InChI=1S/C22H34N2O2/c1-19(2)10-12-24-14-13-23(18-22(24)11-16-26)17-21-8-6-20(7-9-21)5-3-4-15-25/h6-9,19,22,25-26H,4,10-18H2,1-2H3/t22-/m1/s1.